The minimum absolute atomic E-state index is 0. The highest BCUT2D eigenvalue weighted by atomic mass is 127. The largest absolute Gasteiger partial charge is 0.357 e. The van der Waals surface area contributed by atoms with E-state index in [9.17, 15) is 4.21 Å². The van der Waals surface area contributed by atoms with Crippen LogP contribution < -0.4 is 10.6 Å². The van der Waals surface area contributed by atoms with Crippen LogP contribution in [0.3, 0.4) is 0 Å². The summed E-state index contributed by atoms with van der Waals surface area (Å²) in [4.78, 5) is 4.59. The third-order valence-corrected chi connectivity index (χ3v) is 5.77. The molecule has 3 atom stereocenters. The first-order valence-corrected chi connectivity index (χ1v) is 9.58. The van der Waals surface area contributed by atoms with Crippen molar-refractivity contribution in [2.75, 3.05) is 18.8 Å². The Morgan fingerprint density at radius 2 is 2.00 bits per heavy atom. The zero-order valence-corrected chi connectivity index (χ0v) is 17.9. The van der Waals surface area contributed by atoms with E-state index >= 15 is 0 Å². The fraction of sp³-hybridized carbons (Fsp3) is 0.938. The van der Waals surface area contributed by atoms with Crippen molar-refractivity contribution in [2.45, 2.75) is 71.1 Å². The maximum Gasteiger partial charge on any atom is 0.191 e. The van der Waals surface area contributed by atoms with Crippen molar-refractivity contribution in [3.8, 4) is 0 Å². The molecule has 0 amide bonds. The normalized spacial score (nSPS) is 24.3. The van der Waals surface area contributed by atoms with Gasteiger partial charge in [-0.2, -0.15) is 0 Å². The molecular weight excluding hydrogens is 409 g/mol. The van der Waals surface area contributed by atoms with E-state index < -0.39 is 10.8 Å². The molecular formula is C16H34IN3OS. The molecule has 0 saturated heterocycles. The molecule has 132 valence electrons. The van der Waals surface area contributed by atoms with Gasteiger partial charge in [0.2, 0.25) is 0 Å². The summed E-state index contributed by atoms with van der Waals surface area (Å²) >= 11 is 0. The third kappa shape index (κ3) is 8.70. The van der Waals surface area contributed by atoms with E-state index in [0.717, 1.165) is 18.4 Å². The highest BCUT2D eigenvalue weighted by Gasteiger charge is 2.20. The van der Waals surface area contributed by atoms with Crippen LogP contribution in [0.25, 0.3) is 0 Å². The van der Waals surface area contributed by atoms with Gasteiger partial charge in [0.1, 0.15) is 0 Å². The molecule has 6 heteroatoms. The molecule has 1 rings (SSSR count). The lowest BCUT2D eigenvalue weighted by atomic mass is 9.87. The van der Waals surface area contributed by atoms with Crippen LogP contribution in [0.4, 0.5) is 0 Å². The lowest BCUT2D eigenvalue weighted by Crippen LogP contribution is -2.45. The Morgan fingerprint density at radius 1 is 1.32 bits per heavy atom. The zero-order chi connectivity index (χ0) is 15.9. The van der Waals surface area contributed by atoms with Gasteiger partial charge in [-0.05, 0) is 46.5 Å². The fourth-order valence-electron chi connectivity index (χ4n) is 2.63. The number of nitrogens with one attached hydrogen (secondary N) is 2. The van der Waals surface area contributed by atoms with Crippen molar-refractivity contribution >= 4 is 40.7 Å². The molecule has 0 spiro atoms. The van der Waals surface area contributed by atoms with Crippen molar-refractivity contribution in [3.63, 3.8) is 0 Å². The smallest absolute Gasteiger partial charge is 0.191 e. The van der Waals surface area contributed by atoms with E-state index in [1.165, 1.54) is 25.7 Å². The van der Waals surface area contributed by atoms with Gasteiger partial charge in [-0.3, -0.25) is 9.20 Å². The first kappa shape index (κ1) is 22.1. The highest BCUT2D eigenvalue weighted by Crippen LogP contribution is 2.23. The van der Waals surface area contributed by atoms with E-state index in [4.69, 9.17) is 0 Å². The molecule has 0 aromatic rings. The van der Waals surface area contributed by atoms with E-state index in [0.29, 0.717) is 18.3 Å². The average Bonchev–Trinajstić information content (AvgIpc) is 2.37. The molecule has 0 heterocycles. The summed E-state index contributed by atoms with van der Waals surface area (Å²) in [6.07, 6.45) is 5.09. The second-order valence-electron chi connectivity index (χ2n) is 7.04. The summed E-state index contributed by atoms with van der Waals surface area (Å²) in [7, 11) is -0.833. The van der Waals surface area contributed by atoms with Gasteiger partial charge < -0.3 is 10.6 Å². The van der Waals surface area contributed by atoms with E-state index in [1.54, 1.807) is 0 Å². The monoisotopic (exact) mass is 443 g/mol. The Kier molecular flexibility index (Phi) is 10.9. The molecule has 3 unspecified atom stereocenters. The van der Waals surface area contributed by atoms with Crippen molar-refractivity contribution in [1.29, 1.82) is 0 Å². The first-order chi connectivity index (χ1) is 9.82. The predicted molar refractivity (Wildman–Crippen MR) is 109 cm³/mol. The standard InChI is InChI=1S/C16H33N3OS.HI/c1-6-17-15(18-10-11-21(20)16(3,4)5)19-14-9-7-8-13(2)12-14;/h13-14H,6-12H2,1-5H3,(H2,17,18,19);1H. The van der Waals surface area contributed by atoms with Crippen LogP contribution in [0.2, 0.25) is 0 Å². The van der Waals surface area contributed by atoms with Crippen molar-refractivity contribution in [2.24, 2.45) is 10.9 Å². The number of nitrogens with zero attached hydrogens (tertiary/aromatic N) is 1. The topological polar surface area (TPSA) is 53.5 Å². The van der Waals surface area contributed by atoms with Crippen LogP contribution >= 0.6 is 24.0 Å². The molecule has 0 aliphatic heterocycles. The fourth-order valence-corrected chi connectivity index (χ4v) is 3.49. The SMILES string of the molecule is CCNC(=NCCS(=O)C(C)(C)C)NC1CCCC(C)C1.I. The number of hydrogen-bond acceptors (Lipinski definition) is 2. The van der Waals surface area contributed by atoms with Crippen molar-refractivity contribution < 1.29 is 4.21 Å². The minimum atomic E-state index is -0.833. The molecule has 1 saturated carbocycles. The molecule has 1 fully saturated rings. The molecule has 1 aliphatic carbocycles. The highest BCUT2D eigenvalue weighted by molar-refractivity contribution is 14.0. The second-order valence-corrected chi connectivity index (χ2v) is 9.36. The molecule has 22 heavy (non-hydrogen) atoms. The van der Waals surface area contributed by atoms with Gasteiger partial charge in [-0.25, -0.2) is 0 Å². The molecule has 0 bridgehead atoms. The predicted octanol–water partition coefficient (Wildman–Crippen LogP) is 3.29. The maximum absolute atomic E-state index is 12.0. The van der Waals surface area contributed by atoms with Gasteiger partial charge in [0.25, 0.3) is 0 Å². The molecule has 0 radical (unpaired) electrons. The van der Waals surface area contributed by atoms with Crippen LogP contribution in [-0.2, 0) is 10.8 Å². The molecule has 1 aliphatic rings. The summed E-state index contributed by atoms with van der Waals surface area (Å²) in [5, 5.41) is 6.84. The van der Waals surface area contributed by atoms with Gasteiger partial charge in [-0.15, -0.1) is 24.0 Å². The van der Waals surface area contributed by atoms with E-state index in [1.807, 2.05) is 20.8 Å². The zero-order valence-electron chi connectivity index (χ0n) is 14.8. The summed E-state index contributed by atoms with van der Waals surface area (Å²) in [6, 6.07) is 0.527. The number of aliphatic imine (C=N–C) groups is 1. The van der Waals surface area contributed by atoms with Crippen LogP contribution in [-0.4, -0.2) is 39.8 Å². The molecule has 2 N–H and O–H groups in total. The third-order valence-electron chi connectivity index (χ3n) is 3.85. The Morgan fingerprint density at radius 3 is 2.55 bits per heavy atom. The lowest BCUT2D eigenvalue weighted by Gasteiger charge is -2.28. The summed E-state index contributed by atoms with van der Waals surface area (Å²) < 4.78 is 11.9. The molecule has 0 aromatic carbocycles. The number of halogens is 1. The van der Waals surface area contributed by atoms with Gasteiger partial charge in [0, 0.05) is 33.9 Å². The van der Waals surface area contributed by atoms with Crippen LogP contribution in [0.15, 0.2) is 4.99 Å². The summed E-state index contributed by atoms with van der Waals surface area (Å²) in [5.74, 6) is 2.30. The van der Waals surface area contributed by atoms with Gasteiger partial charge in [0.15, 0.2) is 5.96 Å². The van der Waals surface area contributed by atoms with Crippen LogP contribution in [0, 0.1) is 5.92 Å². The summed E-state index contributed by atoms with van der Waals surface area (Å²) in [6.45, 7) is 11.9. The number of rotatable bonds is 5. The van der Waals surface area contributed by atoms with Crippen LogP contribution in [0.5, 0.6) is 0 Å². The van der Waals surface area contributed by atoms with E-state index in [2.05, 4.69) is 29.5 Å². The molecule has 4 nitrogen and oxygen atoms in total. The maximum atomic E-state index is 12.0. The van der Waals surface area contributed by atoms with E-state index in [-0.39, 0.29) is 28.7 Å². The second kappa shape index (κ2) is 10.8. The van der Waals surface area contributed by atoms with Crippen molar-refractivity contribution in [3.05, 3.63) is 0 Å². The molecule has 0 aromatic heterocycles. The Hall–Kier alpha value is 0.150. The number of hydrogen-bond donors (Lipinski definition) is 2. The number of guanidine groups is 1. The lowest BCUT2D eigenvalue weighted by molar-refractivity contribution is 0.324. The average molecular weight is 443 g/mol. The minimum Gasteiger partial charge on any atom is -0.357 e. The van der Waals surface area contributed by atoms with Gasteiger partial charge in [0.05, 0.1) is 6.54 Å². The Balaban J connectivity index is 0.00000441. The van der Waals surface area contributed by atoms with Gasteiger partial charge >= 0.3 is 0 Å². The van der Waals surface area contributed by atoms with Crippen LogP contribution in [0.1, 0.15) is 60.3 Å². The van der Waals surface area contributed by atoms with Gasteiger partial charge in [-0.1, -0.05) is 19.8 Å². The Bertz CT molecular complexity index is 369. The van der Waals surface area contributed by atoms with Crippen molar-refractivity contribution in [1.82, 2.24) is 10.6 Å². The summed E-state index contributed by atoms with van der Waals surface area (Å²) in [5.41, 5.74) is 0. The Labute approximate surface area is 156 Å². The quantitative estimate of drug-likeness (QED) is 0.390. The first-order valence-electron chi connectivity index (χ1n) is 8.26.